The largest absolute Gasteiger partial charge is 0.322 e. The van der Waals surface area contributed by atoms with E-state index in [0.717, 1.165) is 10.4 Å². The molecular formula is C18H21Cl2N3O5S2. The third kappa shape index (κ3) is 5.51. The van der Waals surface area contributed by atoms with Crippen LogP contribution in [0.1, 0.15) is 24.2 Å². The molecular weight excluding hydrogens is 473 g/mol. The highest BCUT2D eigenvalue weighted by Crippen LogP contribution is 2.29. The van der Waals surface area contributed by atoms with Crippen LogP contribution in [-0.2, 0) is 20.0 Å². The standard InChI is InChI=1S/C18H21Cl2N3O5S2/c1-11(2)22-29(25,26)17-9-14(15(19)10-16(17)20)18(24)21-12-5-7-13(8-6-12)30(27,28)23(3)4/h5-11,22H,1-4H3,(H,21,24). The van der Waals surface area contributed by atoms with E-state index in [1.165, 1.54) is 44.4 Å². The summed E-state index contributed by atoms with van der Waals surface area (Å²) in [7, 11) is -4.74. The van der Waals surface area contributed by atoms with Crippen LogP contribution in [-0.4, -0.2) is 47.2 Å². The highest BCUT2D eigenvalue weighted by Gasteiger charge is 2.23. The molecule has 0 bridgehead atoms. The molecule has 164 valence electrons. The van der Waals surface area contributed by atoms with Gasteiger partial charge < -0.3 is 5.32 Å². The van der Waals surface area contributed by atoms with Crippen molar-refractivity contribution in [1.29, 1.82) is 0 Å². The molecule has 12 heteroatoms. The van der Waals surface area contributed by atoms with Crippen molar-refractivity contribution in [2.45, 2.75) is 29.7 Å². The second kappa shape index (κ2) is 9.21. The van der Waals surface area contributed by atoms with Gasteiger partial charge in [0.25, 0.3) is 5.91 Å². The topological polar surface area (TPSA) is 113 Å². The molecule has 0 spiro atoms. The Labute approximate surface area is 186 Å². The second-order valence-electron chi connectivity index (χ2n) is 6.80. The predicted octanol–water partition coefficient (Wildman–Crippen LogP) is 3.18. The van der Waals surface area contributed by atoms with Gasteiger partial charge in [-0.3, -0.25) is 4.79 Å². The summed E-state index contributed by atoms with van der Waals surface area (Å²) in [4.78, 5) is 12.4. The Bertz CT molecular complexity index is 1160. The molecule has 0 heterocycles. The molecule has 1 amide bonds. The summed E-state index contributed by atoms with van der Waals surface area (Å²) >= 11 is 12.1. The van der Waals surface area contributed by atoms with E-state index in [-0.39, 0.29) is 31.4 Å². The van der Waals surface area contributed by atoms with Gasteiger partial charge in [0.1, 0.15) is 4.90 Å². The fourth-order valence-electron chi connectivity index (χ4n) is 2.40. The quantitative estimate of drug-likeness (QED) is 0.614. The van der Waals surface area contributed by atoms with E-state index in [4.69, 9.17) is 23.2 Å². The number of anilines is 1. The lowest BCUT2D eigenvalue weighted by Gasteiger charge is -2.14. The summed E-state index contributed by atoms with van der Waals surface area (Å²) in [5.74, 6) is -0.680. The highest BCUT2D eigenvalue weighted by atomic mass is 35.5. The molecule has 0 radical (unpaired) electrons. The number of nitrogens with zero attached hydrogens (tertiary/aromatic N) is 1. The van der Waals surface area contributed by atoms with E-state index in [9.17, 15) is 21.6 Å². The van der Waals surface area contributed by atoms with Crippen molar-refractivity contribution in [2.24, 2.45) is 0 Å². The first-order valence-electron chi connectivity index (χ1n) is 8.61. The Balaban J connectivity index is 2.35. The van der Waals surface area contributed by atoms with Gasteiger partial charge >= 0.3 is 0 Å². The van der Waals surface area contributed by atoms with Crippen molar-refractivity contribution in [3.8, 4) is 0 Å². The Kier molecular flexibility index (Phi) is 7.54. The molecule has 0 saturated heterocycles. The van der Waals surface area contributed by atoms with Crippen LogP contribution >= 0.6 is 23.2 Å². The zero-order valence-electron chi connectivity index (χ0n) is 16.6. The lowest BCUT2D eigenvalue weighted by Crippen LogP contribution is -2.30. The van der Waals surface area contributed by atoms with Crippen LogP contribution in [0.25, 0.3) is 0 Å². The lowest BCUT2D eigenvalue weighted by atomic mass is 10.2. The van der Waals surface area contributed by atoms with Crippen LogP contribution in [0, 0.1) is 0 Å². The molecule has 0 aliphatic rings. The molecule has 0 atom stereocenters. The van der Waals surface area contributed by atoms with Crippen molar-refractivity contribution in [1.82, 2.24) is 9.03 Å². The monoisotopic (exact) mass is 493 g/mol. The molecule has 2 rings (SSSR count). The van der Waals surface area contributed by atoms with E-state index in [0.29, 0.717) is 5.69 Å². The van der Waals surface area contributed by atoms with E-state index < -0.39 is 26.0 Å². The molecule has 2 N–H and O–H groups in total. The molecule has 0 unspecified atom stereocenters. The first kappa shape index (κ1) is 24.6. The smallest absolute Gasteiger partial charge is 0.257 e. The summed E-state index contributed by atoms with van der Waals surface area (Å²) < 4.78 is 52.6. The SMILES string of the molecule is CC(C)NS(=O)(=O)c1cc(C(=O)Nc2ccc(S(=O)(=O)N(C)C)cc2)c(Cl)cc1Cl. The molecule has 0 aliphatic carbocycles. The minimum atomic E-state index is -3.96. The Morgan fingerprint density at radius 1 is 0.967 bits per heavy atom. The number of amides is 1. The van der Waals surface area contributed by atoms with Gasteiger partial charge in [0.05, 0.1) is 20.5 Å². The number of rotatable bonds is 7. The van der Waals surface area contributed by atoms with Crippen LogP contribution in [0.4, 0.5) is 5.69 Å². The van der Waals surface area contributed by atoms with Gasteiger partial charge in [-0.05, 0) is 50.2 Å². The number of carbonyl (C=O) groups excluding carboxylic acids is 1. The molecule has 0 saturated carbocycles. The van der Waals surface area contributed by atoms with Crippen LogP contribution in [0.3, 0.4) is 0 Å². The van der Waals surface area contributed by atoms with E-state index in [1.54, 1.807) is 13.8 Å². The maximum Gasteiger partial charge on any atom is 0.257 e. The Morgan fingerprint density at radius 3 is 2.03 bits per heavy atom. The Hall–Kier alpha value is -1.69. The first-order valence-corrected chi connectivity index (χ1v) is 12.3. The number of nitrogens with one attached hydrogen (secondary N) is 2. The van der Waals surface area contributed by atoms with Gasteiger partial charge in [-0.15, -0.1) is 0 Å². The van der Waals surface area contributed by atoms with Crippen molar-refractivity contribution < 1.29 is 21.6 Å². The fourth-order valence-corrected chi connectivity index (χ4v) is 5.41. The number of sulfonamides is 2. The minimum absolute atomic E-state index is 0.0344. The van der Waals surface area contributed by atoms with Gasteiger partial charge in [-0.25, -0.2) is 25.9 Å². The zero-order chi connectivity index (χ0) is 22.9. The molecule has 30 heavy (non-hydrogen) atoms. The van der Waals surface area contributed by atoms with Crippen molar-refractivity contribution in [2.75, 3.05) is 19.4 Å². The van der Waals surface area contributed by atoms with E-state index in [1.807, 2.05) is 0 Å². The average molecular weight is 494 g/mol. The van der Waals surface area contributed by atoms with Crippen molar-refractivity contribution >= 4 is 54.8 Å². The van der Waals surface area contributed by atoms with E-state index in [2.05, 4.69) is 10.0 Å². The normalized spacial score (nSPS) is 12.4. The lowest BCUT2D eigenvalue weighted by molar-refractivity contribution is 0.102. The number of benzene rings is 2. The van der Waals surface area contributed by atoms with Gasteiger partial charge in [0.2, 0.25) is 20.0 Å². The van der Waals surface area contributed by atoms with E-state index >= 15 is 0 Å². The van der Waals surface area contributed by atoms with Crippen LogP contribution < -0.4 is 10.0 Å². The summed E-state index contributed by atoms with van der Waals surface area (Å²) in [6, 6.07) is 7.41. The third-order valence-corrected chi connectivity index (χ3v) is 8.10. The molecule has 0 aromatic heterocycles. The Morgan fingerprint density at radius 2 is 1.53 bits per heavy atom. The molecule has 2 aromatic carbocycles. The molecule has 2 aromatic rings. The summed E-state index contributed by atoms with van der Waals surface area (Å²) in [5, 5.41) is 2.40. The van der Waals surface area contributed by atoms with Crippen molar-refractivity contribution in [3.63, 3.8) is 0 Å². The van der Waals surface area contributed by atoms with Gasteiger partial charge in [-0.1, -0.05) is 23.2 Å². The maximum atomic E-state index is 12.7. The second-order valence-corrected chi connectivity index (χ2v) is 11.5. The number of carbonyl (C=O) groups is 1. The average Bonchev–Trinajstić information content (AvgIpc) is 2.60. The van der Waals surface area contributed by atoms with Crippen LogP contribution in [0.2, 0.25) is 10.0 Å². The summed E-state index contributed by atoms with van der Waals surface area (Å²) in [5.41, 5.74) is 0.198. The minimum Gasteiger partial charge on any atom is -0.322 e. The number of hydrogen-bond acceptors (Lipinski definition) is 5. The van der Waals surface area contributed by atoms with Crippen molar-refractivity contribution in [3.05, 3.63) is 52.0 Å². The molecule has 0 fully saturated rings. The van der Waals surface area contributed by atoms with Crippen LogP contribution in [0.15, 0.2) is 46.2 Å². The molecule has 8 nitrogen and oxygen atoms in total. The number of hydrogen-bond donors (Lipinski definition) is 2. The molecule has 0 aliphatic heterocycles. The number of halogens is 2. The fraction of sp³-hybridized carbons (Fsp3) is 0.278. The van der Waals surface area contributed by atoms with Gasteiger partial charge in [-0.2, -0.15) is 0 Å². The summed E-state index contributed by atoms with van der Waals surface area (Å²) in [6.07, 6.45) is 0. The summed E-state index contributed by atoms with van der Waals surface area (Å²) in [6.45, 7) is 3.30. The van der Waals surface area contributed by atoms with Gasteiger partial charge in [0, 0.05) is 25.8 Å². The maximum absolute atomic E-state index is 12.7. The predicted molar refractivity (Wildman–Crippen MR) is 117 cm³/mol. The highest BCUT2D eigenvalue weighted by molar-refractivity contribution is 7.89. The third-order valence-electron chi connectivity index (χ3n) is 3.84. The zero-order valence-corrected chi connectivity index (χ0v) is 19.7. The van der Waals surface area contributed by atoms with Gasteiger partial charge in [0.15, 0.2) is 0 Å². The first-order chi connectivity index (χ1) is 13.8. The van der Waals surface area contributed by atoms with Crippen LogP contribution in [0.5, 0.6) is 0 Å².